The Balaban J connectivity index is 2.36. The maximum Gasteiger partial charge on any atom is 0.0751 e. The molecule has 0 fully saturated rings. The molecule has 2 rings (SSSR count). The van der Waals surface area contributed by atoms with Crippen molar-refractivity contribution in [1.29, 1.82) is 10.8 Å². The Morgan fingerprint density at radius 1 is 1.00 bits per heavy atom. The van der Waals surface area contributed by atoms with Crippen molar-refractivity contribution in [3.05, 3.63) is 46.8 Å². The summed E-state index contributed by atoms with van der Waals surface area (Å²) in [5.74, 6) is 0. The Labute approximate surface area is 94.0 Å². The van der Waals surface area contributed by atoms with Crippen LogP contribution in [0.5, 0.6) is 0 Å². The van der Waals surface area contributed by atoms with Crippen molar-refractivity contribution in [2.24, 2.45) is 11.5 Å². The van der Waals surface area contributed by atoms with Crippen LogP contribution < -0.4 is 11.5 Å². The van der Waals surface area contributed by atoms with E-state index in [2.05, 4.69) is 0 Å². The van der Waals surface area contributed by atoms with Gasteiger partial charge in [0.25, 0.3) is 0 Å². The van der Waals surface area contributed by atoms with E-state index in [-0.39, 0.29) is 5.71 Å². The van der Waals surface area contributed by atoms with Gasteiger partial charge in [-0.3, -0.25) is 5.41 Å². The molecule has 0 atom stereocenters. The molecule has 6 N–H and O–H groups in total. The molecule has 0 aromatic rings. The first kappa shape index (κ1) is 10.4. The van der Waals surface area contributed by atoms with E-state index in [1.807, 2.05) is 18.2 Å². The molecule has 0 aromatic carbocycles. The summed E-state index contributed by atoms with van der Waals surface area (Å²) in [5.41, 5.74) is 15.4. The van der Waals surface area contributed by atoms with E-state index in [0.717, 1.165) is 17.6 Å². The molecule has 0 bridgehead atoms. The lowest BCUT2D eigenvalue weighted by Gasteiger charge is -2.17. The van der Waals surface area contributed by atoms with Crippen LogP contribution in [0.1, 0.15) is 12.8 Å². The third-order valence-electron chi connectivity index (χ3n) is 2.76. The Bertz CT molecular complexity index is 489. The minimum atomic E-state index is 0.284. The van der Waals surface area contributed by atoms with Gasteiger partial charge in [0.1, 0.15) is 0 Å². The summed E-state index contributed by atoms with van der Waals surface area (Å²) < 4.78 is 0. The summed E-state index contributed by atoms with van der Waals surface area (Å²) in [4.78, 5) is 0. The lowest BCUT2D eigenvalue weighted by molar-refractivity contribution is 1.09. The summed E-state index contributed by atoms with van der Waals surface area (Å²) >= 11 is 0. The third-order valence-corrected chi connectivity index (χ3v) is 2.76. The number of nitrogens with two attached hydrogens (primary N) is 2. The average Bonchev–Trinajstić information content (AvgIpc) is 2.26. The largest absolute Gasteiger partial charge is 0.397 e. The van der Waals surface area contributed by atoms with E-state index in [0.29, 0.717) is 23.5 Å². The van der Waals surface area contributed by atoms with Crippen LogP contribution in [0.15, 0.2) is 46.8 Å². The third kappa shape index (κ3) is 1.82. The summed E-state index contributed by atoms with van der Waals surface area (Å²) in [6.07, 6.45) is 8.52. The van der Waals surface area contributed by atoms with Gasteiger partial charge in [0.2, 0.25) is 0 Å². The van der Waals surface area contributed by atoms with Gasteiger partial charge in [0.05, 0.1) is 22.8 Å². The molecule has 2 aliphatic carbocycles. The maximum atomic E-state index is 7.63. The normalized spacial score (nSPS) is 25.5. The summed E-state index contributed by atoms with van der Waals surface area (Å²) in [7, 11) is 0. The fourth-order valence-corrected chi connectivity index (χ4v) is 1.74. The van der Waals surface area contributed by atoms with Crippen molar-refractivity contribution in [3.63, 3.8) is 0 Å². The molecule has 0 spiro atoms. The lowest BCUT2D eigenvalue weighted by Crippen LogP contribution is -2.16. The Morgan fingerprint density at radius 2 is 1.75 bits per heavy atom. The molecule has 0 aliphatic heterocycles. The number of hydrogen-bond acceptors (Lipinski definition) is 4. The van der Waals surface area contributed by atoms with Crippen molar-refractivity contribution < 1.29 is 0 Å². The molecule has 16 heavy (non-hydrogen) atoms. The minimum Gasteiger partial charge on any atom is -0.397 e. The van der Waals surface area contributed by atoms with Crippen LogP contribution in [-0.4, -0.2) is 11.4 Å². The zero-order chi connectivity index (χ0) is 11.7. The first-order valence-electron chi connectivity index (χ1n) is 5.07. The number of allylic oxidation sites excluding steroid dienone is 6. The van der Waals surface area contributed by atoms with Crippen LogP contribution in [0.4, 0.5) is 0 Å². The average molecular weight is 214 g/mol. The van der Waals surface area contributed by atoms with E-state index in [4.69, 9.17) is 22.3 Å². The molecule has 0 radical (unpaired) electrons. The predicted molar refractivity (Wildman–Crippen MR) is 65.4 cm³/mol. The molecule has 4 nitrogen and oxygen atoms in total. The van der Waals surface area contributed by atoms with Crippen molar-refractivity contribution >= 4 is 11.4 Å². The minimum absolute atomic E-state index is 0.284. The van der Waals surface area contributed by atoms with Gasteiger partial charge in [-0.05, 0) is 29.7 Å². The molecule has 0 saturated heterocycles. The van der Waals surface area contributed by atoms with Crippen molar-refractivity contribution in [2.45, 2.75) is 12.8 Å². The van der Waals surface area contributed by atoms with Gasteiger partial charge in [0.15, 0.2) is 0 Å². The Kier molecular flexibility index (Phi) is 2.48. The molecule has 2 aliphatic rings. The van der Waals surface area contributed by atoms with Gasteiger partial charge < -0.3 is 16.9 Å². The smallest absolute Gasteiger partial charge is 0.0751 e. The van der Waals surface area contributed by atoms with Gasteiger partial charge >= 0.3 is 0 Å². The number of rotatable bonds is 0. The molecule has 4 heteroatoms. The lowest BCUT2D eigenvalue weighted by atomic mass is 9.90. The first-order valence-corrected chi connectivity index (χ1v) is 5.07. The molecular weight excluding hydrogens is 200 g/mol. The fraction of sp³-hybridized carbons (Fsp3) is 0.167. The van der Waals surface area contributed by atoms with Gasteiger partial charge in [0, 0.05) is 6.42 Å². The highest BCUT2D eigenvalue weighted by Gasteiger charge is 2.14. The summed E-state index contributed by atoms with van der Waals surface area (Å²) in [5, 5.41) is 15.1. The van der Waals surface area contributed by atoms with Crippen LogP contribution in [-0.2, 0) is 0 Å². The first-order chi connectivity index (χ1) is 7.58. The molecule has 0 saturated carbocycles. The van der Waals surface area contributed by atoms with Crippen molar-refractivity contribution in [2.75, 3.05) is 0 Å². The standard InChI is InChI=1S/C12H14N4/c13-9-3-1-7(5-11(9)15)8-2-4-10(14)12(16)6-8/h1,3-4,6,13,15H,2,5,14,16H2. The van der Waals surface area contributed by atoms with Gasteiger partial charge in [-0.1, -0.05) is 12.2 Å². The zero-order valence-electron chi connectivity index (χ0n) is 8.88. The Morgan fingerprint density at radius 3 is 2.38 bits per heavy atom. The van der Waals surface area contributed by atoms with E-state index in [1.54, 1.807) is 6.08 Å². The SMILES string of the molecule is N=C1C=CC(=C2C=C(N)C(N)=CC2)CC1=N. The van der Waals surface area contributed by atoms with E-state index in [9.17, 15) is 0 Å². The van der Waals surface area contributed by atoms with Gasteiger partial charge in [-0.25, -0.2) is 0 Å². The molecule has 0 amide bonds. The predicted octanol–water partition coefficient (Wildman–Crippen LogP) is 1.37. The fourth-order valence-electron chi connectivity index (χ4n) is 1.74. The van der Waals surface area contributed by atoms with Crippen LogP contribution in [0.25, 0.3) is 0 Å². The molecule has 0 heterocycles. The topological polar surface area (TPSA) is 99.7 Å². The highest BCUT2D eigenvalue weighted by atomic mass is 14.7. The maximum absolute atomic E-state index is 7.63. The molecule has 0 aromatic heterocycles. The number of nitrogens with one attached hydrogen (secondary N) is 2. The zero-order valence-corrected chi connectivity index (χ0v) is 8.88. The molecule has 0 unspecified atom stereocenters. The monoisotopic (exact) mass is 214 g/mol. The van der Waals surface area contributed by atoms with Gasteiger partial charge in [-0.2, -0.15) is 0 Å². The molecule has 82 valence electrons. The van der Waals surface area contributed by atoms with Crippen LogP contribution in [0.2, 0.25) is 0 Å². The Hall–Kier alpha value is -2.10. The summed E-state index contributed by atoms with van der Waals surface area (Å²) in [6, 6.07) is 0. The van der Waals surface area contributed by atoms with Gasteiger partial charge in [-0.15, -0.1) is 0 Å². The van der Waals surface area contributed by atoms with E-state index < -0.39 is 0 Å². The highest BCUT2D eigenvalue weighted by Crippen LogP contribution is 2.24. The van der Waals surface area contributed by atoms with Crippen molar-refractivity contribution in [1.82, 2.24) is 0 Å². The second-order valence-electron chi connectivity index (χ2n) is 3.92. The second-order valence-corrected chi connectivity index (χ2v) is 3.92. The van der Waals surface area contributed by atoms with E-state index in [1.165, 1.54) is 0 Å². The number of hydrogen-bond donors (Lipinski definition) is 4. The van der Waals surface area contributed by atoms with Crippen molar-refractivity contribution in [3.8, 4) is 0 Å². The molecular formula is C12H14N4. The highest BCUT2D eigenvalue weighted by molar-refractivity contribution is 6.45. The van der Waals surface area contributed by atoms with Crippen LogP contribution >= 0.6 is 0 Å². The second kappa shape index (κ2) is 3.81. The van der Waals surface area contributed by atoms with Crippen LogP contribution in [0, 0.1) is 10.8 Å². The van der Waals surface area contributed by atoms with E-state index >= 15 is 0 Å². The summed E-state index contributed by atoms with van der Waals surface area (Å²) in [6.45, 7) is 0. The van der Waals surface area contributed by atoms with Crippen LogP contribution in [0.3, 0.4) is 0 Å². The quantitative estimate of drug-likeness (QED) is 0.489.